The molecule has 4 heteroatoms. The van der Waals surface area contributed by atoms with Crippen LogP contribution < -0.4 is 0 Å². The summed E-state index contributed by atoms with van der Waals surface area (Å²) in [6.45, 7) is 20.4. The van der Waals surface area contributed by atoms with E-state index in [0.717, 1.165) is 18.8 Å². The van der Waals surface area contributed by atoms with Crippen LogP contribution in [0, 0.1) is 18.3 Å². The summed E-state index contributed by atoms with van der Waals surface area (Å²) in [6.07, 6.45) is 9.23. The Balaban J connectivity index is 0.000000292. The topological polar surface area (TPSA) is 32.8 Å². The van der Waals surface area contributed by atoms with Crippen molar-refractivity contribution in [2.24, 2.45) is 5.92 Å². The zero-order valence-electron chi connectivity index (χ0n) is 20.3. The van der Waals surface area contributed by atoms with Crippen LogP contribution in [0.15, 0.2) is 0 Å². The summed E-state index contributed by atoms with van der Waals surface area (Å²) < 4.78 is 5.26. The van der Waals surface area contributed by atoms with Crippen LogP contribution in [0.4, 0.5) is 0 Å². The monoisotopic (exact) mass is 392 g/mol. The summed E-state index contributed by atoms with van der Waals surface area (Å²) in [5, 5.41) is 0. The molecular weight excluding hydrogens is 348 g/mol. The summed E-state index contributed by atoms with van der Waals surface area (Å²) in [4.78, 5) is 16.0. The Labute approximate surface area is 174 Å². The first-order valence-corrected chi connectivity index (χ1v) is 10.6. The molecule has 28 heavy (non-hydrogen) atoms. The molecule has 0 amide bonds. The van der Waals surface area contributed by atoms with Gasteiger partial charge in [-0.05, 0) is 88.2 Å². The van der Waals surface area contributed by atoms with Crippen LogP contribution in [0.1, 0.15) is 88.0 Å². The lowest BCUT2D eigenvalue weighted by Crippen LogP contribution is -2.60. The van der Waals surface area contributed by atoms with Gasteiger partial charge in [-0.15, -0.1) is 6.42 Å². The van der Waals surface area contributed by atoms with Gasteiger partial charge in [-0.2, -0.15) is 0 Å². The van der Waals surface area contributed by atoms with Crippen LogP contribution in [0.3, 0.4) is 0 Å². The number of carbonyl (C=O) groups is 1. The van der Waals surface area contributed by atoms with E-state index in [-0.39, 0.29) is 17.2 Å². The van der Waals surface area contributed by atoms with Gasteiger partial charge < -0.3 is 4.74 Å². The summed E-state index contributed by atoms with van der Waals surface area (Å²) in [7, 11) is 4.37. The predicted octanol–water partition coefficient (Wildman–Crippen LogP) is 4.72. The zero-order valence-corrected chi connectivity index (χ0v) is 20.3. The van der Waals surface area contributed by atoms with Gasteiger partial charge in [0.15, 0.2) is 0 Å². The molecule has 0 spiro atoms. The normalized spacial score (nSPS) is 27.2. The molecule has 2 heterocycles. The molecule has 0 aromatic carbocycles. The van der Waals surface area contributed by atoms with Crippen LogP contribution >= 0.6 is 0 Å². The lowest BCUT2D eigenvalue weighted by molar-refractivity contribution is -0.151. The number of hydrogen-bond acceptors (Lipinski definition) is 4. The van der Waals surface area contributed by atoms with E-state index in [0.29, 0.717) is 11.1 Å². The Morgan fingerprint density at radius 1 is 0.821 bits per heavy atom. The van der Waals surface area contributed by atoms with Gasteiger partial charge in [0.25, 0.3) is 0 Å². The van der Waals surface area contributed by atoms with E-state index in [9.17, 15) is 4.79 Å². The van der Waals surface area contributed by atoms with Crippen LogP contribution in [0.25, 0.3) is 0 Å². The fourth-order valence-corrected chi connectivity index (χ4v) is 5.42. The van der Waals surface area contributed by atoms with E-state index in [1.54, 1.807) is 0 Å². The van der Waals surface area contributed by atoms with E-state index in [1.165, 1.54) is 12.8 Å². The predicted molar refractivity (Wildman–Crippen MR) is 118 cm³/mol. The molecule has 0 unspecified atom stereocenters. The van der Waals surface area contributed by atoms with Gasteiger partial charge in [0.05, 0.1) is 0 Å². The van der Waals surface area contributed by atoms with Gasteiger partial charge in [-0.25, -0.2) is 4.79 Å². The average Bonchev–Trinajstić information content (AvgIpc) is 2.49. The Kier molecular flexibility index (Phi) is 7.46. The first-order valence-electron chi connectivity index (χ1n) is 10.6. The molecule has 0 aromatic rings. The molecule has 0 aliphatic carbocycles. The number of likely N-dealkylation sites (tertiary alicyclic amines) is 2. The molecule has 0 atom stereocenters. The van der Waals surface area contributed by atoms with Crippen molar-refractivity contribution in [1.29, 1.82) is 0 Å². The van der Waals surface area contributed by atoms with Crippen molar-refractivity contribution in [3.05, 3.63) is 0 Å². The number of esters is 1. The molecule has 0 N–H and O–H groups in total. The molecule has 162 valence electrons. The lowest BCUT2D eigenvalue weighted by Gasteiger charge is -2.53. The molecule has 2 aliphatic rings. The van der Waals surface area contributed by atoms with Crippen molar-refractivity contribution in [2.75, 3.05) is 14.1 Å². The minimum Gasteiger partial charge on any atom is -0.453 e. The molecular formula is C24H44N2O2. The van der Waals surface area contributed by atoms with E-state index in [2.05, 4.69) is 86.2 Å². The van der Waals surface area contributed by atoms with Gasteiger partial charge in [-0.1, -0.05) is 6.92 Å². The highest BCUT2D eigenvalue weighted by atomic mass is 16.5. The minimum atomic E-state index is -0.554. The van der Waals surface area contributed by atoms with E-state index < -0.39 is 5.97 Å². The molecule has 2 aliphatic heterocycles. The molecule has 0 aromatic heterocycles. The standard InChI is InChI=1S/C13H21NO2.C11H23N/c1-7-11(15)16-10-8-12(2,3)14(6)13(4,5)9-10;1-9-7-10(2,3)12(6)11(4,5)8-9/h1,10H,8-9H2,2-6H3;9H,7-8H2,1-6H3. The van der Waals surface area contributed by atoms with Gasteiger partial charge in [-0.3, -0.25) is 9.80 Å². The highest BCUT2D eigenvalue weighted by Gasteiger charge is 2.44. The third kappa shape index (κ3) is 5.97. The van der Waals surface area contributed by atoms with Crippen molar-refractivity contribution in [3.8, 4) is 12.3 Å². The number of piperidine rings is 2. The van der Waals surface area contributed by atoms with Crippen LogP contribution in [0.5, 0.6) is 0 Å². The highest BCUT2D eigenvalue weighted by Crippen LogP contribution is 2.40. The lowest BCUT2D eigenvalue weighted by atomic mass is 9.75. The molecule has 0 bridgehead atoms. The fraction of sp³-hybridized carbons (Fsp3) is 0.875. The maximum atomic E-state index is 11.1. The van der Waals surface area contributed by atoms with Crippen LogP contribution in [-0.2, 0) is 9.53 Å². The molecule has 2 fully saturated rings. The van der Waals surface area contributed by atoms with Gasteiger partial charge >= 0.3 is 5.97 Å². The van der Waals surface area contributed by atoms with Crippen molar-refractivity contribution < 1.29 is 9.53 Å². The van der Waals surface area contributed by atoms with E-state index in [1.807, 2.05) is 5.92 Å². The molecule has 2 saturated heterocycles. The van der Waals surface area contributed by atoms with Crippen molar-refractivity contribution in [2.45, 2.75) is 116 Å². The Morgan fingerprint density at radius 2 is 1.14 bits per heavy atom. The Bertz CT molecular complexity index is 562. The minimum absolute atomic E-state index is 0.0152. The third-order valence-corrected chi connectivity index (χ3v) is 7.17. The average molecular weight is 393 g/mol. The maximum absolute atomic E-state index is 11.1. The highest BCUT2D eigenvalue weighted by molar-refractivity contribution is 5.87. The van der Waals surface area contributed by atoms with Crippen molar-refractivity contribution in [3.63, 3.8) is 0 Å². The van der Waals surface area contributed by atoms with E-state index >= 15 is 0 Å². The number of rotatable bonds is 1. The molecule has 4 nitrogen and oxygen atoms in total. The molecule has 0 radical (unpaired) electrons. The summed E-state index contributed by atoms with van der Waals surface area (Å²) in [5.74, 6) is 2.32. The molecule has 0 saturated carbocycles. The summed E-state index contributed by atoms with van der Waals surface area (Å²) in [5.41, 5.74) is 0.783. The first-order chi connectivity index (χ1) is 12.4. The zero-order chi connectivity index (χ0) is 22.1. The van der Waals surface area contributed by atoms with Gasteiger partial charge in [0.1, 0.15) is 6.10 Å². The first kappa shape index (κ1) is 25.0. The summed E-state index contributed by atoms with van der Waals surface area (Å²) in [6, 6.07) is 0. The van der Waals surface area contributed by atoms with Gasteiger partial charge in [0, 0.05) is 40.9 Å². The maximum Gasteiger partial charge on any atom is 0.384 e. The third-order valence-electron chi connectivity index (χ3n) is 7.17. The second-order valence-electron chi connectivity index (χ2n) is 11.5. The quantitative estimate of drug-likeness (QED) is 0.367. The number of carbonyl (C=O) groups excluding carboxylic acids is 1. The Morgan fingerprint density at radius 3 is 1.46 bits per heavy atom. The number of terminal acetylenes is 1. The number of ether oxygens (including phenoxy) is 1. The Hall–Kier alpha value is -1.05. The second-order valence-corrected chi connectivity index (χ2v) is 11.5. The summed E-state index contributed by atoms with van der Waals surface area (Å²) >= 11 is 0. The molecule has 2 rings (SSSR count). The van der Waals surface area contributed by atoms with E-state index in [4.69, 9.17) is 11.2 Å². The van der Waals surface area contributed by atoms with Gasteiger partial charge in [0.2, 0.25) is 0 Å². The van der Waals surface area contributed by atoms with Crippen molar-refractivity contribution >= 4 is 5.97 Å². The SMILES string of the molecule is C#CC(=O)OC1CC(C)(C)N(C)C(C)(C)C1.CC1CC(C)(C)N(C)C(C)(C)C1. The second kappa shape index (κ2) is 8.36. The largest absolute Gasteiger partial charge is 0.453 e. The number of nitrogens with zero attached hydrogens (tertiary/aromatic N) is 2. The van der Waals surface area contributed by atoms with Crippen LogP contribution in [-0.4, -0.2) is 58.1 Å². The smallest absolute Gasteiger partial charge is 0.384 e. The number of hydrogen-bond donors (Lipinski definition) is 0. The van der Waals surface area contributed by atoms with Crippen molar-refractivity contribution in [1.82, 2.24) is 9.80 Å². The fourth-order valence-electron chi connectivity index (χ4n) is 5.42. The van der Waals surface area contributed by atoms with Crippen LogP contribution in [0.2, 0.25) is 0 Å².